The standard InChI is InChI=1S/C10H5F2NO2/c11-6-3-5-1-2-8(10(14)15)13-9(5)4-7(6)12/h1-4H,(H,14,15). The third-order valence-electron chi connectivity index (χ3n) is 1.95. The zero-order chi connectivity index (χ0) is 11.0. The number of hydrogen-bond acceptors (Lipinski definition) is 2. The van der Waals surface area contributed by atoms with Gasteiger partial charge in [0.05, 0.1) is 5.52 Å². The molecule has 0 amide bonds. The Balaban J connectivity index is 2.72. The van der Waals surface area contributed by atoms with Crippen LogP contribution in [0, 0.1) is 11.6 Å². The summed E-state index contributed by atoms with van der Waals surface area (Å²) < 4.78 is 25.6. The summed E-state index contributed by atoms with van der Waals surface area (Å²) in [5.41, 5.74) is -0.0812. The Hall–Kier alpha value is -2.04. The first-order chi connectivity index (χ1) is 7.08. The van der Waals surface area contributed by atoms with Crippen LogP contribution in [0.4, 0.5) is 8.78 Å². The normalized spacial score (nSPS) is 10.5. The van der Waals surface area contributed by atoms with Gasteiger partial charge in [0.15, 0.2) is 11.6 Å². The fraction of sp³-hybridized carbons (Fsp3) is 0. The van der Waals surface area contributed by atoms with Gasteiger partial charge in [0.1, 0.15) is 5.69 Å². The summed E-state index contributed by atoms with van der Waals surface area (Å²) in [7, 11) is 0. The van der Waals surface area contributed by atoms with Crippen LogP contribution in [0.3, 0.4) is 0 Å². The van der Waals surface area contributed by atoms with E-state index in [2.05, 4.69) is 4.98 Å². The van der Waals surface area contributed by atoms with E-state index in [0.717, 1.165) is 12.1 Å². The highest BCUT2D eigenvalue weighted by atomic mass is 19.2. The zero-order valence-corrected chi connectivity index (χ0v) is 7.37. The number of halogens is 2. The van der Waals surface area contributed by atoms with Crippen molar-refractivity contribution in [2.75, 3.05) is 0 Å². The zero-order valence-electron chi connectivity index (χ0n) is 7.37. The Morgan fingerprint density at radius 1 is 1.20 bits per heavy atom. The second kappa shape index (κ2) is 3.27. The molecule has 5 heteroatoms. The molecule has 0 spiro atoms. The van der Waals surface area contributed by atoms with Crippen molar-refractivity contribution in [3.63, 3.8) is 0 Å². The number of rotatable bonds is 1. The summed E-state index contributed by atoms with van der Waals surface area (Å²) in [4.78, 5) is 14.2. The van der Waals surface area contributed by atoms with E-state index in [9.17, 15) is 13.6 Å². The van der Waals surface area contributed by atoms with E-state index in [1.807, 2.05) is 0 Å². The van der Waals surface area contributed by atoms with E-state index in [1.165, 1.54) is 12.1 Å². The highest BCUT2D eigenvalue weighted by Gasteiger charge is 2.08. The number of pyridine rings is 1. The molecule has 0 aliphatic rings. The smallest absolute Gasteiger partial charge is 0.354 e. The van der Waals surface area contributed by atoms with E-state index in [0.29, 0.717) is 5.39 Å². The molecule has 3 nitrogen and oxygen atoms in total. The van der Waals surface area contributed by atoms with Crippen molar-refractivity contribution < 1.29 is 18.7 Å². The van der Waals surface area contributed by atoms with Gasteiger partial charge >= 0.3 is 5.97 Å². The topological polar surface area (TPSA) is 50.2 Å². The average molecular weight is 209 g/mol. The van der Waals surface area contributed by atoms with Crippen LogP contribution in [-0.4, -0.2) is 16.1 Å². The van der Waals surface area contributed by atoms with Gasteiger partial charge in [-0.1, -0.05) is 6.07 Å². The van der Waals surface area contributed by atoms with Crippen LogP contribution in [0.2, 0.25) is 0 Å². The third-order valence-corrected chi connectivity index (χ3v) is 1.95. The number of benzene rings is 1. The lowest BCUT2D eigenvalue weighted by Gasteiger charge is -2.00. The van der Waals surface area contributed by atoms with Crippen molar-refractivity contribution in [1.82, 2.24) is 4.98 Å². The molecule has 0 saturated carbocycles. The Labute approximate surface area is 83.0 Å². The van der Waals surface area contributed by atoms with Crippen molar-refractivity contribution >= 4 is 16.9 Å². The number of hydrogen-bond donors (Lipinski definition) is 1. The van der Waals surface area contributed by atoms with Crippen LogP contribution >= 0.6 is 0 Å². The van der Waals surface area contributed by atoms with Gasteiger partial charge < -0.3 is 5.11 Å². The predicted octanol–water partition coefficient (Wildman–Crippen LogP) is 2.21. The quantitative estimate of drug-likeness (QED) is 0.783. The van der Waals surface area contributed by atoms with Gasteiger partial charge in [0.2, 0.25) is 0 Å². The van der Waals surface area contributed by atoms with Crippen molar-refractivity contribution in [2.24, 2.45) is 0 Å². The van der Waals surface area contributed by atoms with Gasteiger partial charge in [0.25, 0.3) is 0 Å². The number of carboxylic acids is 1. The molecule has 0 aliphatic heterocycles. The Kier molecular flexibility index (Phi) is 2.07. The van der Waals surface area contributed by atoms with E-state index in [-0.39, 0.29) is 11.2 Å². The predicted molar refractivity (Wildman–Crippen MR) is 48.6 cm³/mol. The van der Waals surface area contributed by atoms with Crippen LogP contribution in [0.15, 0.2) is 24.3 Å². The van der Waals surface area contributed by atoms with Crippen LogP contribution in [-0.2, 0) is 0 Å². The Morgan fingerprint density at radius 2 is 1.87 bits per heavy atom. The molecule has 0 fully saturated rings. The first-order valence-electron chi connectivity index (χ1n) is 4.07. The number of carboxylic acid groups (broad SMARTS) is 1. The maximum Gasteiger partial charge on any atom is 0.354 e. The molecule has 15 heavy (non-hydrogen) atoms. The first kappa shape index (κ1) is 9.51. The number of nitrogens with zero attached hydrogens (tertiary/aromatic N) is 1. The van der Waals surface area contributed by atoms with Crippen molar-refractivity contribution in [1.29, 1.82) is 0 Å². The highest BCUT2D eigenvalue weighted by Crippen LogP contribution is 2.17. The summed E-state index contributed by atoms with van der Waals surface area (Å²) in [5.74, 6) is -3.23. The maximum atomic E-state index is 12.8. The van der Waals surface area contributed by atoms with E-state index < -0.39 is 17.6 Å². The van der Waals surface area contributed by atoms with Crippen LogP contribution in [0.1, 0.15) is 10.5 Å². The second-order valence-corrected chi connectivity index (χ2v) is 2.96. The van der Waals surface area contributed by atoms with Crippen molar-refractivity contribution in [2.45, 2.75) is 0 Å². The molecule has 1 aromatic carbocycles. The summed E-state index contributed by atoms with van der Waals surface area (Å²) >= 11 is 0. The lowest BCUT2D eigenvalue weighted by Crippen LogP contribution is -2.00. The molecule has 0 atom stereocenters. The molecule has 1 N–H and O–H groups in total. The Bertz CT molecular complexity index is 554. The molecule has 2 aromatic rings. The number of carbonyl (C=O) groups is 1. The lowest BCUT2D eigenvalue weighted by atomic mass is 10.2. The average Bonchev–Trinajstić information content (AvgIpc) is 2.19. The molecule has 0 unspecified atom stereocenters. The second-order valence-electron chi connectivity index (χ2n) is 2.96. The summed E-state index contributed by atoms with van der Waals surface area (Å²) in [6.07, 6.45) is 0. The SMILES string of the molecule is O=C(O)c1ccc2cc(F)c(F)cc2n1. The molecule has 76 valence electrons. The van der Waals surface area contributed by atoms with Gasteiger partial charge in [-0.05, 0) is 12.1 Å². The van der Waals surface area contributed by atoms with Crippen LogP contribution in [0.25, 0.3) is 10.9 Å². The van der Waals surface area contributed by atoms with Gasteiger partial charge in [-0.3, -0.25) is 0 Å². The lowest BCUT2D eigenvalue weighted by molar-refractivity contribution is 0.0691. The van der Waals surface area contributed by atoms with E-state index >= 15 is 0 Å². The van der Waals surface area contributed by atoms with Crippen molar-refractivity contribution in [3.8, 4) is 0 Å². The minimum atomic E-state index is -1.21. The molecule has 0 aliphatic carbocycles. The van der Waals surface area contributed by atoms with Crippen LogP contribution < -0.4 is 0 Å². The summed E-state index contributed by atoms with van der Waals surface area (Å²) in [6.45, 7) is 0. The van der Waals surface area contributed by atoms with Gasteiger partial charge in [0, 0.05) is 11.5 Å². The molecule has 2 rings (SSSR count). The largest absolute Gasteiger partial charge is 0.477 e. The first-order valence-corrected chi connectivity index (χ1v) is 4.07. The molecule has 1 aromatic heterocycles. The molecular weight excluding hydrogens is 204 g/mol. The monoisotopic (exact) mass is 209 g/mol. The number of aromatic carboxylic acids is 1. The fourth-order valence-corrected chi connectivity index (χ4v) is 1.24. The molecule has 0 bridgehead atoms. The maximum absolute atomic E-state index is 12.8. The van der Waals surface area contributed by atoms with Gasteiger partial charge in [-0.2, -0.15) is 0 Å². The molecule has 0 radical (unpaired) electrons. The fourth-order valence-electron chi connectivity index (χ4n) is 1.24. The minimum absolute atomic E-state index is 0.119. The van der Waals surface area contributed by atoms with E-state index in [4.69, 9.17) is 5.11 Å². The number of aromatic nitrogens is 1. The molecule has 1 heterocycles. The highest BCUT2D eigenvalue weighted by molar-refractivity contribution is 5.89. The van der Waals surface area contributed by atoms with Crippen LogP contribution in [0.5, 0.6) is 0 Å². The molecule has 0 saturated heterocycles. The number of fused-ring (bicyclic) bond motifs is 1. The minimum Gasteiger partial charge on any atom is -0.477 e. The summed E-state index contributed by atoms with van der Waals surface area (Å²) in [6, 6.07) is 4.47. The Morgan fingerprint density at radius 3 is 2.53 bits per heavy atom. The van der Waals surface area contributed by atoms with Crippen molar-refractivity contribution in [3.05, 3.63) is 41.6 Å². The van der Waals surface area contributed by atoms with Gasteiger partial charge in [-0.25, -0.2) is 18.6 Å². The van der Waals surface area contributed by atoms with E-state index in [1.54, 1.807) is 0 Å². The summed E-state index contributed by atoms with van der Waals surface area (Å²) in [5, 5.41) is 9.00. The third kappa shape index (κ3) is 1.63. The molecular formula is C10H5F2NO2. The van der Waals surface area contributed by atoms with Gasteiger partial charge in [-0.15, -0.1) is 0 Å².